The third-order valence-electron chi connectivity index (χ3n) is 2.98. The quantitative estimate of drug-likeness (QED) is 0.433. The van der Waals surface area contributed by atoms with Crippen LogP contribution < -0.4 is 5.73 Å². The summed E-state index contributed by atoms with van der Waals surface area (Å²) < 4.78 is 5.86. The molecular weight excluding hydrogens is 306 g/mol. The van der Waals surface area contributed by atoms with Gasteiger partial charge in [0.2, 0.25) is 0 Å². The van der Waals surface area contributed by atoms with Crippen molar-refractivity contribution in [2.75, 3.05) is 12.3 Å². The summed E-state index contributed by atoms with van der Waals surface area (Å²) in [6.45, 7) is 2.68. The summed E-state index contributed by atoms with van der Waals surface area (Å²) in [6.07, 6.45) is 7.06. The first-order valence-corrected chi connectivity index (χ1v) is 7.67. The van der Waals surface area contributed by atoms with E-state index in [2.05, 4.69) is 22.9 Å². The molecule has 1 aromatic rings. The fourth-order valence-corrected chi connectivity index (χ4v) is 2.26. The van der Waals surface area contributed by atoms with Crippen LogP contribution in [0.3, 0.4) is 0 Å². The Morgan fingerprint density at radius 3 is 2.63 bits per heavy atom. The van der Waals surface area contributed by atoms with E-state index in [4.69, 9.17) is 10.5 Å². The molecular formula is C15H22BrNO2. The Hall–Kier alpha value is -1.03. The van der Waals surface area contributed by atoms with Gasteiger partial charge in [0.15, 0.2) is 0 Å². The molecule has 0 radical (unpaired) electrons. The molecule has 1 aromatic carbocycles. The van der Waals surface area contributed by atoms with Crippen molar-refractivity contribution < 1.29 is 9.53 Å². The molecule has 0 aromatic heterocycles. The minimum atomic E-state index is -0.312. The van der Waals surface area contributed by atoms with Gasteiger partial charge in [-0.1, -0.05) is 45.1 Å². The zero-order chi connectivity index (χ0) is 14.1. The first-order valence-electron chi connectivity index (χ1n) is 6.88. The molecule has 1 rings (SSSR count). The van der Waals surface area contributed by atoms with Gasteiger partial charge < -0.3 is 10.5 Å². The van der Waals surface area contributed by atoms with Crippen LogP contribution in [0.15, 0.2) is 22.7 Å². The predicted molar refractivity (Wildman–Crippen MR) is 82.2 cm³/mol. The van der Waals surface area contributed by atoms with Crippen molar-refractivity contribution in [2.45, 2.75) is 45.4 Å². The van der Waals surface area contributed by atoms with Crippen LogP contribution >= 0.6 is 15.9 Å². The number of hydrogen-bond donors (Lipinski definition) is 1. The minimum Gasteiger partial charge on any atom is -0.462 e. The standard InChI is InChI=1S/C15H22BrNO2/c1-2-3-4-5-6-7-11-19-15(18)12-9-8-10-13(17)14(12)16/h8-10H,2-7,11,17H2,1H3. The number of esters is 1. The van der Waals surface area contributed by atoms with Crippen molar-refractivity contribution in [3.63, 3.8) is 0 Å². The summed E-state index contributed by atoms with van der Waals surface area (Å²) in [5, 5.41) is 0. The third-order valence-corrected chi connectivity index (χ3v) is 3.86. The van der Waals surface area contributed by atoms with Crippen LogP contribution in [0.5, 0.6) is 0 Å². The lowest BCUT2D eigenvalue weighted by molar-refractivity contribution is 0.0496. The smallest absolute Gasteiger partial charge is 0.339 e. The van der Waals surface area contributed by atoms with Crippen LogP contribution in [0.4, 0.5) is 5.69 Å². The predicted octanol–water partition coefficient (Wildman–Crippen LogP) is 4.55. The molecule has 0 unspecified atom stereocenters. The molecule has 0 aliphatic heterocycles. The number of nitrogen functional groups attached to an aromatic ring is 1. The van der Waals surface area contributed by atoms with Gasteiger partial charge in [0.25, 0.3) is 0 Å². The second-order valence-electron chi connectivity index (χ2n) is 4.61. The molecule has 3 nitrogen and oxygen atoms in total. The van der Waals surface area contributed by atoms with Gasteiger partial charge in [-0.25, -0.2) is 4.79 Å². The number of rotatable bonds is 8. The van der Waals surface area contributed by atoms with Crippen LogP contribution in [0, 0.1) is 0 Å². The van der Waals surface area contributed by atoms with Crippen LogP contribution in [0.25, 0.3) is 0 Å². The highest BCUT2D eigenvalue weighted by Crippen LogP contribution is 2.24. The zero-order valence-electron chi connectivity index (χ0n) is 11.5. The van der Waals surface area contributed by atoms with Gasteiger partial charge in [-0.05, 0) is 34.5 Å². The normalized spacial score (nSPS) is 10.4. The molecule has 0 aliphatic rings. The van der Waals surface area contributed by atoms with Gasteiger partial charge in [0.05, 0.1) is 16.6 Å². The summed E-state index contributed by atoms with van der Waals surface area (Å²) in [5.41, 5.74) is 6.77. The van der Waals surface area contributed by atoms with Crippen molar-refractivity contribution in [3.05, 3.63) is 28.2 Å². The average molecular weight is 328 g/mol. The molecule has 0 bridgehead atoms. The molecule has 0 heterocycles. The van der Waals surface area contributed by atoms with Crippen molar-refractivity contribution in [1.82, 2.24) is 0 Å². The van der Waals surface area contributed by atoms with E-state index >= 15 is 0 Å². The molecule has 2 N–H and O–H groups in total. The van der Waals surface area contributed by atoms with Crippen molar-refractivity contribution >= 4 is 27.6 Å². The maximum Gasteiger partial charge on any atom is 0.339 e. The highest BCUT2D eigenvalue weighted by molar-refractivity contribution is 9.10. The summed E-state index contributed by atoms with van der Waals surface area (Å²) in [4.78, 5) is 11.8. The second kappa shape index (κ2) is 8.97. The van der Waals surface area contributed by atoms with Gasteiger partial charge in [-0.2, -0.15) is 0 Å². The van der Waals surface area contributed by atoms with E-state index in [0.29, 0.717) is 22.3 Å². The fraction of sp³-hybridized carbons (Fsp3) is 0.533. The molecule has 0 saturated carbocycles. The van der Waals surface area contributed by atoms with Crippen LogP contribution in [-0.4, -0.2) is 12.6 Å². The van der Waals surface area contributed by atoms with E-state index in [-0.39, 0.29) is 5.97 Å². The molecule has 0 amide bonds. The van der Waals surface area contributed by atoms with E-state index in [0.717, 1.165) is 12.8 Å². The lowest BCUT2D eigenvalue weighted by atomic mass is 10.1. The molecule has 0 spiro atoms. The third kappa shape index (κ3) is 5.64. The molecule has 0 fully saturated rings. The lowest BCUT2D eigenvalue weighted by Crippen LogP contribution is -2.08. The van der Waals surface area contributed by atoms with Crippen LogP contribution in [0.1, 0.15) is 55.8 Å². The summed E-state index contributed by atoms with van der Waals surface area (Å²) in [5.74, 6) is -0.312. The number of anilines is 1. The number of benzene rings is 1. The van der Waals surface area contributed by atoms with Gasteiger partial charge in [0, 0.05) is 5.69 Å². The highest BCUT2D eigenvalue weighted by atomic mass is 79.9. The van der Waals surface area contributed by atoms with Crippen molar-refractivity contribution in [2.24, 2.45) is 0 Å². The topological polar surface area (TPSA) is 52.3 Å². The molecule has 19 heavy (non-hydrogen) atoms. The molecule has 106 valence electrons. The van der Waals surface area contributed by atoms with Crippen molar-refractivity contribution in [1.29, 1.82) is 0 Å². The number of unbranched alkanes of at least 4 members (excludes halogenated alkanes) is 5. The number of ether oxygens (including phenoxy) is 1. The van der Waals surface area contributed by atoms with E-state index in [1.807, 2.05) is 0 Å². The fourth-order valence-electron chi connectivity index (χ4n) is 1.83. The Kier molecular flexibility index (Phi) is 7.56. The number of nitrogens with two attached hydrogens (primary N) is 1. The lowest BCUT2D eigenvalue weighted by Gasteiger charge is -2.07. The van der Waals surface area contributed by atoms with E-state index in [9.17, 15) is 4.79 Å². The SMILES string of the molecule is CCCCCCCCOC(=O)c1cccc(N)c1Br. The first kappa shape index (κ1) is 16.0. The van der Waals surface area contributed by atoms with Gasteiger partial charge in [0.1, 0.15) is 0 Å². The van der Waals surface area contributed by atoms with Gasteiger partial charge >= 0.3 is 5.97 Å². The average Bonchev–Trinajstić information content (AvgIpc) is 2.40. The Labute approximate surface area is 123 Å². The maximum atomic E-state index is 11.8. The Morgan fingerprint density at radius 1 is 1.21 bits per heavy atom. The summed E-state index contributed by atoms with van der Waals surface area (Å²) in [6, 6.07) is 5.21. The number of carbonyl (C=O) groups is 1. The number of carbonyl (C=O) groups excluding carboxylic acids is 1. The molecule has 0 atom stereocenters. The van der Waals surface area contributed by atoms with E-state index in [1.165, 1.54) is 25.7 Å². The maximum absolute atomic E-state index is 11.8. The Bertz CT molecular complexity index is 407. The van der Waals surface area contributed by atoms with Crippen LogP contribution in [0.2, 0.25) is 0 Å². The molecule has 0 aliphatic carbocycles. The highest BCUT2D eigenvalue weighted by Gasteiger charge is 2.12. The van der Waals surface area contributed by atoms with Gasteiger partial charge in [-0.15, -0.1) is 0 Å². The summed E-state index contributed by atoms with van der Waals surface area (Å²) in [7, 11) is 0. The Morgan fingerprint density at radius 2 is 1.89 bits per heavy atom. The molecule has 4 heteroatoms. The number of halogens is 1. The second-order valence-corrected chi connectivity index (χ2v) is 5.41. The number of hydrogen-bond acceptors (Lipinski definition) is 3. The van der Waals surface area contributed by atoms with Gasteiger partial charge in [-0.3, -0.25) is 0 Å². The Balaban J connectivity index is 2.26. The monoisotopic (exact) mass is 327 g/mol. The minimum absolute atomic E-state index is 0.312. The molecule has 0 saturated heterocycles. The zero-order valence-corrected chi connectivity index (χ0v) is 13.0. The van der Waals surface area contributed by atoms with Crippen molar-refractivity contribution in [3.8, 4) is 0 Å². The van der Waals surface area contributed by atoms with Crippen LogP contribution in [-0.2, 0) is 4.74 Å². The van der Waals surface area contributed by atoms with E-state index in [1.54, 1.807) is 18.2 Å². The van der Waals surface area contributed by atoms with E-state index < -0.39 is 0 Å². The largest absolute Gasteiger partial charge is 0.462 e. The first-order chi connectivity index (χ1) is 9.16. The summed E-state index contributed by atoms with van der Waals surface area (Å²) >= 11 is 3.31.